The fourth-order valence-corrected chi connectivity index (χ4v) is 3.25. The second kappa shape index (κ2) is 13.0. The van der Waals surface area contributed by atoms with Gasteiger partial charge in [0.1, 0.15) is 6.04 Å². The molecule has 2 amide bonds. The lowest BCUT2D eigenvalue weighted by atomic mass is 10.0. The molecule has 0 unspecified atom stereocenters. The molecule has 0 aliphatic carbocycles. The molecule has 2 aromatic rings. The van der Waals surface area contributed by atoms with E-state index in [1.165, 1.54) is 12.1 Å². The average Bonchev–Trinajstić information content (AvgIpc) is 2.84. The van der Waals surface area contributed by atoms with Crippen LogP contribution >= 0.6 is 0 Å². The van der Waals surface area contributed by atoms with E-state index in [1.54, 1.807) is 0 Å². The van der Waals surface area contributed by atoms with Gasteiger partial charge >= 0.3 is 6.18 Å². The number of aryl methyl sites for hydroxylation is 1. The molecule has 0 aliphatic heterocycles. The maximum atomic E-state index is 13.0. The van der Waals surface area contributed by atoms with E-state index in [4.69, 9.17) is 17.2 Å². The summed E-state index contributed by atoms with van der Waals surface area (Å²) in [5.41, 5.74) is 16.7. The van der Waals surface area contributed by atoms with E-state index in [-0.39, 0.29) is 37.3 Å². The number of benzene rings is 2. The minimum absolute atomic E-state index is 0.000973. The van der Waals surface area contributed by atoms with Crippen LogP contribution in [-0.4, -0.2) is 42.3 Å². The number of carbonyl (C=O) groups is 3. The van der Waals surface area contributed by atoms with Gasteiger partial charge in [-0.15, -0.1) is 0 Å². The largest absolute Gasteiger partial charge is 0.416 e. The Morgan fingerprint density at radius 2 is 1.57 bits per heavy atom. The lowest BCUT2D eigenvalue weighted by Crippen LogP contribution is -2.50. The molecule has 11 heteroatoms. The Morgan fingerprint density at radius 3 is 2.20 bits per heavy atom. The highest BCUT2D eigenvalue weighted by atomic mass is 19.4. The molecular formula is C24H30F3N5O3. The second-order valence-electron chi connectivity index (χ2n) is 8.11. The summed E-state index contributed by atoms with van der Waals surface area (Å²) in [7, 11) is 0. The third kappa shape index (κ3) is 9.12. The van der Waals surface area contributed by atoms with Crippen molar-refractivity contribution >= 4 is 23.3 Å². The summed E-state index contributed by atoms with van der Waals surface area (Å²) < 4.78 is 39.0. The summed E-state index contributed by atoms with van der Waals surface area (Å²) in [6, 6.07) is 10.4. The highest BCUT2D eigenvalue weighted by Gasteiger charge is 2.31. The molecule has 0 bridgehead atoms. The molecule has 0 heterocycles. The van der Waals surface area contributed by atoms with Crippen molar-refractivity contribution in [2.75, 3.05) is 11.9 Å². The van der Waals surface area contributed by atoms with E-state index in [1.807, 2.05) is 30.3 Å². The second-order valence-corrected chi connectivity index (χ2v) is 8.11. The van der Waals surface area contributed by atoms with Crippen LogP contribution in [0.5, 0.6) is 0 Å². The van der Waals surface area contributed by atoms with Crippen molar-refractivity contribution in [1.29, 1.82) is 0 Å². The normalized spacial score (nSPS) is 14.0. The number of anilines is 1. The number of amides is 2. The van der Waals surface area contributed by atoms with Gasteiger partial charge in [-0.3, -0.25) is 14.4 Å². The summed E-state index contributed by atoms with van der Waals surface area (Å²) in [5.74, 6) is -1.70. The Labute approximate surface area is 201 Å². The molecule has 8 nitrogen and oxygen atoms in total. The summed E-state index contributed by atoms with van der Waals surface area (Å²) in [6.45, 7) is -0.0302. The van der Waals surface area contributed by atoms with Crippen LogP contribution in [0.15, 0.2) is 54.6 Å². The summed E-state index contributed by atoms with van der Waals surface area (Å²) in [4.78, 5) is 37.4. The van der Waals surface area contributed by atoms with Gasteiger partial charge in [-0.25, -0.2) is 0 Å². The van der Waals surface area contributed by atoms with Crippen molar-refractivity contribution in [3.05, 3.63) is 65.7 Å². The van der Waals surface area contributed by atoms with Gasteiger partial charge in [-0.2, -0.15) is 13.2 Å². The number of Topliss-reactive ketones (excluding diaryl/α,β-unsaturated/α-hetero) is 1. The van der Waals surface area contributed by atoms with Crippen LogP contribution in [0.1, 0.15) is 30.4 Å². The SMILES string of the molecule is NC[C@H](N)C(=O)CC[C@H](N)C(=O)N[C@@H](CCc1ccccc1)C(=O)Nc1cccc(C(F)(F)F)c1. The quantitative estimate of drug-likeness (QED) is 0.303. The highest BCUT2D eigenvalue weighted by molar-refractivity contribution is 5.98. The number of hydrogen-bond acceptors (Lipinski definition) is 6. The minimum atomic E-state index is -4.57. The van der Waals surface area contributed by atoms with Crippen molar-refractivity contribution in [2.45, 2.75) is 50.0 Å². The number of alkyl halides is 3. The summed E-state index contributed by atoms with van der Waals surface area (Å²) in [5, 5.41) is 4.98. The minimum Gasteiger partial charge on any atom is -0.343 e. The highest BCUT2D eigenvalue weighted by Crippen LogP contribution is 2.30. The molecule has 3 atom stereocenters. The molecule has 2 aromatic carbocycles. The van der Waals surface area contributed by atoms with Crippen LogP contribution in [0.4, 0.5) is 18.9 Å². The predicted octanol–water partition coefficient (Wildman–Crippen LogP) is 1.72. The van der Waals surface area contributed by atoms with Crippen LogP contribution < -0.4 is 27.8 Å². The Bertz CT molecular complexity index is 1000. The molecule has 0 fully saturated rings. The van der Waals surface area contributed by atoms with Crippen molar-refractivity contribution in [2.24, 2.45) is 17.2 Å². The summed E-state index contributed by atoms with van der Waals surface area (Å²) in [6.07, 6.45) is -4.04. The zero-order valence-corrected chi connectivity index (χ0v) is 19.1. The van der Waals surface area contributed by atoms with Crippen LogP contribution in [0.2, 0.25) is 0 Å². The van der Waals surface area contributed by atoms with Crippen LogP contribution in [0.25, 0.3) is 0 Å². The predicted molar refractivity (Wildman–Crippen MR) is 126 cm³/mol. The van der Waals surface area contributed by atoms with Crippen molar-refractivity contribution in [3.8, 4) is 0 Å². The zero-order chi connectivity index (χ0) is 26.0. The molecule has 35 heavy (non-hydrogen) atoms. The van der Waals surface area contributed by atoms with Gasteiger partial charge in [0.25, 0.3) is 0 Å². The number of nitrogens with two attached hydrogens (primary N) is 3. The molecule has 0 radical (unpaired) electrons. The van der Waals surface area contributed by atoms with E-state index in [9.17, 15) is 27.6 Å². The van der Waals surface area contributed by atoms with E-state index in [0.717, 1.165) is 17.7 Å². The number of rotatable bonds is 12. The van der Waals surface area contributed by atoms with Gasteiger partial charge < -0.3 is 27.8 Å². The zero-order valence-electron chi connectivity index (χ0n) is 19.1. The Balaban J connectivity index is 2.10. The van der Waals surface area contributed by atoms with Crippen molar-refractivity contribution < 1.29 is 27.6 Å². The van der Waals surface area contributed by atoms with Gasteiger partial charge in [-0.1, -0.05) is 36.4 Å². The van der Waals surface area contributed by atoms with E-state index < -0.39 is 41.7 Å². The average molecular weight is 494 g/mol. The molecule has 0 aromatic heterocycles. The first-order valence-corrected chi connectivity index (χ1v) is 11.1. The summed E-state index contributed by atoms with van der Waals surface area (Å²) >= 11 is 0. The first-order valence-electron chi connectivity index (χ1n) is 11.1. The first kappa shape index (κ1) is 28.0. The number of hydrogen-bond donors (Lipinski definition) is 5. The molecule has 0 saturated carbocycles. The first-order chi connectivity index (χ1) is 16.5. The Morgan fingerprint density at radius 1 is 0.886 bits per heavy atom. The molecule has 8 N–H and O–H groups in total. The van der Waals surface area contributed by atoms with Gasteiger partial charge in [0.05, 0.1) is 17.6 Å². The maximum absolute atomic E-state index is 13.0. The van der Waals surface area contributed by atoms with Gasteiger partial charge in [0.15, 0.2) is 5.78 Å². The molecule has 190 valence electrons. The van der Waals surface area contributed by atoms with Crippen LogP contribution in [0, 0.1) is 0 Å². The third-order valence-corrected chi connectivity index (χ3v) is 5.36. The fourth-order valence-electron chi connectivity index (χ4n) is 3.25. The smallest absolute Gasteiger partial charge is 0.343 e. The lowest BCUT2D eigenvalue weighted by molar-refractivity contribution is -0.137. The van der Waals surface area contributed by atoms with Gasteiger partial charge in [0, 0.05) is 18.7 Å². The number of carbonyl (C=O) groups excluding carboxylic acids is 3. The van der Waals surface area contributed by atoms with Crippen LogP contribution in [-0.2, 0) is 27.0 Å². The number of halogens is 3. The van der Waals surface area contributed by atoms with Gasteiger partial charge in [-0.05, 0) is 43.0 Å². The molecule has 0 saturated heterocycles. The van der Waals surface area contributed by atoms with E-state index in [2.05, 4.69) is 10.6 Å². The van der Waals surface area contributed by atoms with Crippen LogP contribution in [0.3, 0.4) is 0 Å². The topological polar surface area (TPSA) is 153 Å². The fraction of sp³-hybridized carbons (Fsp3) is 0.375. The molecule has 0 spiro atoms. The van der Waals surface area contributed by atoms with Crippen molar-refractivity contribution in [3.63, 3.8) is 0 Å². The van der Waals surface area contributed by atoms with Gasteiger partial charge in [0.2, 0.25) is 11.8 Å². The Kier molecular flexibility index (Phi) is 10.4. The molecule has 2 rings (SSSR count). The number of nitrogens with one attached hydrogen (secondary N) is 2. The number of ketones is 1. The van der Waals surface area contributed by atoms with Crippen molar-refractivity contribution in [1.82, 2.24) is 5.32 Å². The Hall–Kier alpha value is -3.28. The third-order valence-electron chi connectivity index (χ3n) is 5.36. The standard InChI is InChI=1S/C24H30F3N5O3/c25-24(26,27)16-7-4-8-17(13-16)31-23(35)20(11-9-15-5-2-1-3-6-15)32-22(34)18(29)10-12-21(33)19(30)14-28/h1-8,13,18-20H,9-12,14,28-30H2,(H,31,35)(H,32,34)/t18-,19-,20-/m0/s1. The maximum Gasteiger partial charge on any atom is 0.416 e. The monoisotopic (exact) mass is 493 g/mol. The van der Waals surface area contributed by atoms with E-state index >= 15 is 0 Å². The lowest BCUT2D eigenvalue weighted by Gasteiger charge is -2.21. The molecule has 0 aliphatic rings. The molecular weight excluding hydrogens is 463 g/mol. The van der Waals surface area contributed by atoms with E-state index in [0.29, 0.717) is 6.42 Å².